The molecule has 0 heterocycles. The molecule has 0 aliphatic heterocycles. The van der Waals surface area contributed by atoms with Gasteiger partial charge in [-0.15, -0.1) is 0 Å². The first kappa shape index (κ1) is 9.71. The van der Waals surface area contributed by atoms with Crippen molar-refractivity contribution in [2.45, 2.75) is 20.3 Å². The second-order valence-electron chi connectivity index (χ2n) is 3.10. The maximum atomic E-state index is 12.9. The summed E-state index contributed by atoms with van der Waals surface area (Å²) in [5.41, 5.74) is 1.85. The molecular formula is C10H11FO2. The number of rotatable bonds is 2. The number of aryl methyl sites for hydroxylation is 2. The van der Waals surface area contributed by atoms with Crippen molar-refractivity contribution in [3.8, 4) is 0 Å². The van der Waals surface area contributed by atoms with Crippen molar-refractivity contribution >= 4 is 5.97 Å². The highest BCUT2D eigenvalue weighted by Gasteiger charge is 2.07. The van der Waals surface area contributed by atoms with E-state index in [0.717, 1.165) is 0 Å². The fourth-order valence-corrected chi connectivity index (χ4v) is 1.19. The maximum Gasteiger partial charge on any atom is 0.307 e. The van der Waals surface area contributed by atoms with Crippen molar-refractivity contribution in [1.82, 2.24) is 0 Å². The molecule has 0 saturated heterocycles. The second-order valence-corrected chi connectivity index (χ2v) is 3.10. The van der Waals surface area contributed by atoms with E-state index < -0.39 is 5.97 Å². The topological polar surface area (TPSA) is 37.3 Å². The standard InChI is InChI=1S/C10H11FO2/c1-6-4-9(11)7(2)3-8(6)5-10(12)13/h3-4H,5H2,1-2H3,(H,12,13). The zero-order chi connectivity index (χ0) is 10.0. The number of carboxylic acids is 1. The van der Waals surface area contributed by atoms with Crippen molar-refractivity contribution in [2.75, 3.05) is 0 Å². The molecule has 0 spiro atoms. The summed E-state index contributed by atoms with van der Waals surface area (Å²) in [6.07, 6.45) is -0.0487. The largest absolute Gasteiger partial charge is 0.481 e. The summed E-state index contributed by atoms with van der Waals surface area (Å²) >= 11 is 0. The Balaban J connectivity index is 3.08. The van der Waals surface area contributed by atoms with Gasteiger partial charge in [0.05, 0.1) is 6.42 Å². The third-order valence-corrected chi connectivity index (χ3v) is 1.96. The molecule has 0 atom stereocenters. The number of halogens is 1. The summed E-state index contributed by atoms with van der Waals surface area (Å²) in [4.78, 5) is 10.4. The molecule has 0 aromatic heterocycles. The van der Waals surface area contributed by atoms with Crippen LogP contribution in [0.5, 0.6) is 0 Å². The molecule has 0 bridgehead atoms. The highest BCUT2D eigenvalue weighted by atomic mass is 19.1. The Labute approximate surface area is 76.0 Å². The average Bonchev–Trinajstić information content (AvgIpc) is 1.99. The van der Waals surface area contributed by atoms with Crippen LogP contribution in [0.3, 0.4) is 0 Å². The lowest BCUT2D eigenvalue weighted by molar-refractivity contribution is -0.136. The van der Waals surface area contributed by atoms with E-state index in [4.69, 9.17) is 5.11 Å². The monoisotopic (exact) mass is 182 g/mol. The molecule has 1 aromatic rings. The Kier molecular flexibility index (Phi) is 2.66. The molecule has 2 nitrogen and oxygen atoms in total. The average molecular weight is 182 g/mol. The number of aliphatic carboxylic acids is 1. The van der Waals surface area contributed by atoms with Crippen LogP contribution in [0.1, 0.15) is 16.7 Å². The summed E-state index contributed by atoms with van der Waals surface area (Å²) in [7, 11) is 0. The quantitative estimate of drug-likeness (QED) is 0.760. The molecule has 1 N–H and O–H groups in total. The molecule has 1 rings (SSSR count). The lowest BCUT2D eigenvalue weighted by Crippen LogP contribution is -2.03. The van der Waals surface area contributed by atoms with Crippen LogP contribution in [-0.4, -0.2) is 11.1 Å². The molecule has 0 saturated carbocycles. The van der Waals surface area contributed by atoms with Gasteiger partial charge >= 0.3 is 5.97 Å². The molecule has 0 aliphatic carbocycles. The zero-order valence-corrected chi connectivity index (χ0v) is 7.60. The van der Waals surface area contributed by atoms with E-state index in [1.807, 2.05) is 0 Å². The predicted octanol–water partition coefficient (Wildman–Crippen LogP) is 2.07. The van der Waals surface area contributed by atoms with Crippen molar-refractivity contribution in [1.29, 1.82) is 0 Å². The number of carboxylic acid groups (broad SMARTS) is 1. The molecule has 3 heteroatoms. The Morgan fingerprint density at radius 3 is 2.54 bits per heavy atom. The molecule has 0 fully saturated rings. The van der Waals surface area contributed by atoms with Gasteiger partial charge in [-0.2, -0.15) is 0 Å². The number of hydrogen-bond donors (Lipinski definition) is 1. The third-order valence-electron chi connectivity index (χ3n) is 1.96. The first-order valence-electron chi connectivity index (χ1n) is 3.98. The van der Waals surface area contributed by atoms with Crippen LogP contribution in [-0.2, 0) is 11.2 Å². The van der Waals surface area contributed by atoms with Gasteiger partial charge in [0.25, 0.3) is 0 Å². The molecular weight excluding hydrogens is 171 g/mol. The summed E-state index contributed by atoms with van der Waals surface area (Å²) < 4.78 is 12.9. The van der Waals surface area contributed by atoms with Crippen molar-refractivity contribution in [3.05, 3.63) is 34.6 Å². The van der Waals surface area contributed by atoms with E-state index in [1.54, 1.807) is 19.9 Å². The minimum atomic E-state index is -0.894. The lowest BCUT2D eigenvalue weighted by atomic mass is 10.0. The van der Waals surface area contributed by atoms with Crippen LogP contribution in [0.2, 0.25) is 0 Å². The first-order valence-corrected chi connectivity index (χ1v) is 3.98. The summed E-state index contributed by atoms with van der Waals surface area (Å²) in [6.45, 7) is 3.33. The predicted molar refractivity (Wildman–Crippen MR) is 47.2 cm³/mol. The van der Waals surface area contributed by atoms with Gasteiger partial charge in [-0.1, -0.05) is 6.07 Å². The van der Waals surface area contributed by atoms with Crippen LogP contribution >= 0.6 is 0 Å². The third kappa shape index (κ3) is 2.28. The molecule has 0 unspecified atom stereocenters. The van der Waals surface area contributed by atoms with Gasteiger partial charge in [-0.3, -0.25) is 4.79 Å². The van der Waals surface area contributed by atoms with E-state index in [2.05, 4.69) is 0 Å². The summed E-state index contributed by atoms with van der Waals surface area (Å²) in [5.74, 6) is -1.18. The molecule has 70 valence electrons. The minimum absolute atomic E-state index is 0.0487. The normalized spacial score (nSPS) is 10.1. The maximum absolute atomic E-state index is 12.9. The molecule has 0 radical (unpaired) electrons. The Bertz CT molecular complexity index is 345. The Hall–Kier alpha value is -1.38. The van der Waals surface area contributed by atoms with Gasteiger partial charge in [-0.05, 0) is 36.6 Å². The Morgan fingerprint density at radius 2 is 2.00 bits per heavy atom. The summed E-state index contributed by atoms with van der Waals surface area (Å²) in [5, 5.41) is 8.56. The number of hydrogen-bond acceptors (Lipinski definition) is 1. The van der Waals surface area contributed by atoms with Crippen LogP contribution in [0.25, 0.3) is 0 Å². The van der Waals surface area contributed by atoms with Gasteiger partial charge in [0.1, 0.15) is 5.82 Å². The van der Waals surface area contributed by atoms with Gasteiger partial charge < -0.3 is 5.11 Å². The van der Waals surface area contributed by atoms with Gasteiger partial charge in [0.15, 0.2) is 0 Å². The second kappa shape index (κ2) is 3.56. The molecule has 0 aliphatic rings. The zero-order valence-electron chi connectivity index (χ0n) is 7.60. The number of benzene rings is 1. The van der Waals surface area contributed by atoms with Gasteiger partial charge in [-0.25, -0.2) is 4.39 Å². The van der Waals surface area contributed by atoms with Crippen LogP contribution in [0.15, 0.2) is 12.1 Å². The molecule has 0 amide bonds. The van der Waals surface area contributed by atoms with Crippen molar-refractivity contribution in [3.63, 3.8) is 0 Å². The Morgan fingerprint density at radius 1 is 1.38 bits per heavy atom. The SMILES string of the molecule is Cc1cc(CC(=O)O)c(C)cc1F. The lowest BCUT2D eigenvalue weighted by Gasteiger charge is -2.05. The van der Waals surface area contributed by atoms with E-state index in [1.165, 1.54) is 6.07 Å². The van der Waals surface area contributed by atoms with Crippen LogP contribution in [0, 0.1) is 19.7 Å². The van der Waals surface area contributed by atoms with E-state index >= 15 is 0 Å². The number of carbonyl (C=O) groups is 1. The van der Waals surface area contributed by atoms with E-state index in [9.17, 15) is 9.18 Å². The first-order chi connectivity index (χ1) is 6.00. The fourth-order valence-electron chi connectivity index (χ4n) is 1.19. The van der Waals surface area contributed by atoms with E-state index in [0.29, 0.717) is 16.7 Å². The fraction of sp³-hybridized carbons (Fsp3) is 0.300. The van der Waals surface area contributed by atoms with Gasteiger partial charge in [0, 0.05) is 0 Å². The van der Waals surface area contributed by atoms with Crippen LogP contribution < -0.4 is 0 Å². The highest BCUT2D eigenvalue weighted by molar-refractivity contribution is 5.70. The van der Waals surface area contributed by atoms with Crippen LogP contribution in [0.4, 0.5) is 4.39 Å². The van der Waals surface area contributed by atoms with Crippen molar-refractivity contribution in [2.24, 2.45) is 0 Å². The summed E-state index contributed by atoms with van der Waals surface area (Å²) in [6, 6.07) is 2.95. The molecule has 13 heavy (non-hydrogen) atoms. The minimum Gasteiger partial charge on any atom is -0.481 e. The highest BCUT2D eigenvalue weighted by Crippen LogP contribution is 2.15. The van der Waals surface area contributed by atoms with Gasteiger partial charge in [0.2, 0.25) is 0 Å². The molecule has 1 aromatic carbocycles. The van der Waals surface area contributed by atoms with Crippen molar-refractivity contribution < 1.29 is 14.3 Å². The smallest absolute Gasteiger partial charge is 0.307 e. The van der Waals surface area contributed by atoms with E-state index in [-0.39, 0.29) is 12.2 Å².